The zero-order chi connectivity index (χ0) is 39.3. The lowest BCUT2D eigenvalue weighted by Gasteiger charge is -2.39. The number of anilines is 6. The Hall–Kier alpha value is -6.64. The molecule has 0 aromatic heterocycles. The van der Waals surface area contributed by atoms with Crippen LogP contribution < -0.4 is 9.80 Å². The first-order valence-electron chi connectivity index (χ1n) is 20.8. The summed E-state index contributed by atoms with van der Waals surface area (Å²) in [6.45, 7) is 4.30. The summed E-state index contributed by atoms with van der Waals surface area (Å²) in [7, 11) is 0. The summed E-state index contributed by atoms with van der Waals surface area (Å²) in [5.74, 6) is 0. The number of hydrogen-bond acceptors (Lipinski definition) is 2. The third-order valence-electron chi connectivity index (χ3n) is 12.1. The largest absolute Gasteiger partial charge is 0.311 e. The van der Waals surface area contributed by atoms with E-state index < -0.39 is 0 Å². The molecule has 0 unspecified atom stereocenters. The minimum absolute atomic E-state index is 0.0344. The quantitative estimate of drug-likeness (QED) is 0.137. The van der Waals surface area contributed by atoms with Crippen molar-refractivity contribution in [2.24, 2.45) is 0 Å². The van der Waals surface area contributed by atoms with Crippen molar-refractivity contribution >= 4 is 34.1 Å². The predicted octanol–water partition coefficient (Wildman–Crippen LogP) is 15.8. The fourth-order valence-electron chi connectivity index (χ4n) is 8.91. The molecule has 0 radical (unpaired) electrons. The van der Waals surface area contributed by atoms with E-state index in [0.717, 1.165) is 47.0 Å². The van der Waals surface area contributed by atoms with Crippen LogP contribution in [0, 0.1) is 13.8 Å². The van der Waals surface area contributed by atoms with Crippen molar-refractivity contribution < 1.29 is 0 Å². The normalized spacial score (nSPS) is 13.5. The van der Waals surface area contributed by atoms with Crippen molar-refractivity contribution in [3.05, 3.63) is 229 Å². The van der Waals surface area contributed by atoms with E-state index in [1.165, 1.54) is 63.8 Å². The van der Waals surface area contributed by atoms with E-state index in [1.807, 2.05) is 0 Å². The molecule has 9 rings (SSSR count). The van der Waals surface area contributed by atoms with E-state index in [4.69, 9.17) is 0 Å². The SMILES string of the molecule is Cc1ccc(N(c2ccc(-c3ccccc3)cc2)c2ccc(C3(c4ccc(N(c5ccc(C)cc5)c5ccc(-c6ccccc6)cc5)cc4)CCCCC3)cc2)cc1. The molecule has 0 amide bonds. The molecular formula is C56H50N2. The summed E-state index contributed by atoms with van der Waals surface area (Å²) < 4.78 is 0. The molecule has 2 heteroatoms. The van der Waals surface area contributed by atoms with Gasteiger partial charge in [-0.05, 0) is 133 Å². The molecule has 0 atom stereocenters. The lowest BCUT2D eigenvalue weighted by Crippen LogP contribution is -2.30. The van der Waals surface area contributed by atoms with Gasteiger partial charge in [-0.2, -0.15) is 0 Å². The fraction of sp³-hybridized carbons (Fsp3) is 0.143. The van der Waals surface area contributed by atoms with Crippen LogP contribution in [0.2, 0.25) is 0 Å². The molecule has 284 valence electrons. The molecule has 1 saturated carbocycles. The molecule has 8 aromatic carbocycles. The van der Waals surface area contributed by atoms with Crippen LogP contribution in [0.5, 0.6) is 0 Å². The van der Waals surface area contributed by atoms with E-state index >= 15 is 0 Å². The van der Waals surface area contributed by atoms with E-state index in [-0.39, 0.29) is 5.41 Å². The maximum atomic E-state index is 2.40. The Morgan fingerprint density at radius 1 is 0.293 bits per heavy atom. The lowest BCUT2D eigenvalue weighted by molar-refractivity contribution is 0.346. The Morgan fingerprint density at radius 3 is 0.897 bits per heavy atom. The molecule has 0 bridgehead atoms. The van der Waals surface area contributed by atoms with Crippen LogP contribution in [0.3, 0.4) is 0 Å². The highest BCUT2D eigenvalue weighted by Crippen LogP contribution is 2.47. The zero-order valence-corrected chi connectivity index (χ0v) is 33.6. The second-order valence-corrected chi connectivity index (χ2v) is 15.9. The first kappa shape index (κ1) is 37.0. The summed E-state index contributed by atoms with van der Waals surface area (Å²) in [4.78, 5) is 4.76. The average Bonchev–Trinajstić information content (AvgIpc) is 3.30. The van der Waals surface area contributed by atoms with Gasteiger partial charge in [0, 0.05) is 39.5 Å². The van der Waals surface area contributed by atoms with Crippen LogP contribution >= 0.6 is 0 Å². The van der Waals surface area contributed by atoms with E-state index in [9.17, 15) is 0 Å². The van der Waals surface area contributed by atoms with Gasteiger partial charge in [-0.15, -0.1) is 0 Å². The fourth-order valence-corrected chi connectivity index (χ4v) is 8.91. The van der Waals surface area contributed by atoms with Crippen LogP contribution in [0.25, 0.3) is 22.3 Å². The topological polar surface area (TPSA) is 6.48 Å². The minimum Gasteiger partial charge on any atom is -0.311 e. The average molecular weight is 751 g/mol. The molecule has 1 aliphatic carbocycles. The van der Waals surface area contributed by atoms with Crippen molar-refractivity contribution in [3.63, 3.8) is 0 Å². The van der Waals surface area contributed by atoms with Gasteiger partial charge in [-0.1, -0.05) is 164 Å². The third-order valence-corrected chi connectivity index (χ3v) is 12.1. The third kappa shape index (κ3) is 7.59. The van der Waals surface area contributed by atoms with Crippen molar-refractivity contribution in [3.8, 4) is 22.3 Å². The van der Waals surface area contributed by atoms with Crippen molar-refractivity contribution in [2.75, 3.05) is 9.80 Å². The van der Waals surface area contributed by atoms with Crippen LogP contribution in [0.15, 0.2) is 206 Å². The van der Waals surface area contributed by atoms with Gasteiger partial charge in [0.15, 0.2) is 0 Å². The summed E-state index contributed by atoms with van der Waals surface area (Å²) in [5, 5.41) is 0. The predicted molar refractivity (Wildman–Crippen MR) is 246 cm³/mol. The number of nitrogens with zero attached hydrogens (tertiary/aromatic N) is 2. The maximum Gasteiger partial charge on any atom is 0.0462 e. The summed E-state index contributed by atoms with van der Waals surface area (Å²) in [5.41, 5.74) is 17.1. The Labute approximate surface area is 344 Å². The first-order valence-corrected chi connectivity index (χ1v) is 20.8. The lowest BCUT2D eigenvalue weighted by atomic mass is 9.65. The molecule has 1 aliphatic rings. The van der Waals surface area contributed by atoms with Gasteiger partial charge >= 0.3 is 0 Å². The van der Waals surface area contributed by atoms with Crippen molar-refractivity contribution in [2.45, 2.75) is 51.4 Å². The number of hydrogen-bond donors (Lipinski definition) is 0. The first-order chi connectivity index (χ1) is 28.5. The minimum atomic E-state index is -0.0344. The van der Waals surface area contributed by atoms with E-state index in [1.54, 1.807) is 0 Å². The van der Waals surface area contributed by atoms with E-state index in [2.05, 4.69) is 230 Å². The molecule has 8 aromatic rings. The molecule has 0 N–H and O–H groups in total. The highest BCUT2D eigenvalue weighted by atomic mass is 15.1. The summed E-state index contributed by atoms with van der Waals surface area (Å²) in [6.07, 6.45) is 6.05. The second-order valence-electron chi connectivity index (χ2n) is 15.9. The van der Waals surface area contributed by atoms with Gasteiger partial charge in [-0.3, -0.25) is 0 Å². The molecule has 0 aliphatic heterocycles. The zero-order valence-electron chi connectivity index (χ0n) is 33.6. The molecule has 58 heavy (non-hydrogen) atoms. The van der Waals surface area contributed by atoms with E-state index in [0.29, 0.717) is 0 Å². The van der Waals surface area contributed by atoms with Gasteiger partial charge in [0.05, 0.1) is 0 Å². The Balaban J connectivity index is 1.05. The van der Waals surface area contributed by atoms with Gasteiger partial charge in [0.25, 0.3) is 0 Å². The van der Waals surface area contributed by atoms with Crippen molar-refractivity contribution in [1.29, 1.82) is 0 Å². The highest BCUT2D eigenvalue weighted by molar-refractivity contribution is 5.80. The summed E-state index contributed by atoms with van der Waals surface area (Å²) in [6, 6.07) is 75.9. The highest BCUT2D eigenvalue weighted by Gasteiger charge is 2.36. The van der Waals surface area contributed by atoms with Crippen LogP contribution in [0.4, 0.5) is 34.1 Å². The molecule has 0 spiro atoms. The number of benzene rings is 8. The Kier molecular flexibility index (Phi) is 10.5. The molecule has 0 heterocycles. The number of aryl methyl sites for hydroxylation is 2. The maximum absolute atomic E-state index is 2.40. The monoisotopic (exact) mass is 750 g/mol. The smallest absolute Gasteiger partial charge is 0.0462 e. The van der Waals surface area contributed by atoms with Crippen LogP contribution in [0.1, 0.15) is 54.4 Å². The van der Waals surface area contributed by atoms with Gasteiger partial charge in [-0.25, -0.2) is 0 Å². The van der Waals surface area contributed by atoms with Gasteiger partial charge in [0.1, 0.15) is 0 Å². The molecule has 2 nitrogen and oxygen atoms in total. The number of rotatable bonds is 10. The van der Waals surface area contributed by atoms with Gasteiger partial charge < -0.3 is 9.80 Å². The second kappa shape index (κ2) is 16.5. The van der Waals surface area contributed by atoms with Crippen molar-refractivity contribution in [1.82, 2.24) is 0 Å². The Morgan fingerprint density at radius 2 is 0.569 bits per heavy atom. The molecule has 1 fully saturated rings. The van der Waals surface area contributed by atoms with Gasteiger partial charge in [0.2, 0.25) is 0 Å². The summed E-state index contributed by atoms with van der Waals surface area (Å²) >= 11 is 0. The Bertz CT molecular complexity index is 2360. The molecule has 0 saturated heterocycles. The van der Waals surface area contributed by atoms with Crippen LogP contribution in [-0.2, 0) is 5.41 Å². The standard InChI is InChI=1S/C56H50N2/c1-42-16-28-50(29-17-42)57(52-32-20-46(21-33-52)44-12-6-3-7-13-44)54-36-24-48(25-37-54)56(40-10-5-11-41-56)49-26-38-55(39-27-49)58(51-30-18-43(2)19-31-51)53-34-22-47(23-35-53)45-14-8-4-9-15-45/h3-4,6-9,12-39H,5,10-11,40-41H2,1-2H3. The van der Waals surface area contributed by atoms with Crippen LogP contribution in [-0.4, -0.2) is 0 Å². The molecular weight excluding hydrogens is 701 g/mol.